The van der Waals surface area contributed by atoms with Crippen molar-refractivity contribution in [2.24, 2.45) is 0 Å². The largest absolute Gasteiger partial charge is 0.324 e. The minimum Gasteiger partial charge on any atom is -0.324 e. The minimum absolute atomic E-state index is 0.258. The van der Waals surface area contributed by atoms with Gasteiger partial charge in [-0.25, -0.2) is 15.0 Å². The third-order valence-corrected chi connectivity index (χ3v) is 5.64. The van der Waals surface area contributed by atoms with Gasteiger partial charge in [-0.1, -0.05) is 18.2 Å². The zero-order valence-electron chi connectivity index (χ0n) is 19.4. The van der Waals surface area contributed by atoms with Crippen molar-refractivity contribution in [2.45, 2.75) is 6.92 Å². The second kappa shape index (κ2) is 9.91. The quantitative estimate of drug-likeness (QED) is 0.338. The van der Waals surface area contributed by atoms with Gasteiger partial charge in [0.05, 0.1) is 23.7 Å². The van der Waals surface area contributed by atoms with E-state index in [4.69, 9.17) is 5.26 Å². The normalized spacial score (nSPS) is 10.4. The van der Waals surface area contributed by atoms with Crippen molar-refractivity contribution >= 4 is 23.2 Å². The zero-order chi connectivity index (χ0) is 24.9. The number of aryl methyl sites for hydroxylation is 1. The molecular weight excluding hydrogens is 450 g/mol. The number of nitriles is 1. The van der Waals surface area contributed by atoms with Crippen LogP contribution in [0.3, 0.4) is 0 Å². The number of imidazole rings is 1. The summed E-state index contributed by atoms with van der Waals surface area (Å²) in [6.45, 7) is 1.97. The van der Waals surface area contributed by atoms with Gasteiger partial charge in [-0.2, -0.15) is 5.26 Å². The number of rotatable bonds is 6. The van der Waals surface area contributed by atoms with E-state index in [9.17, 15) is 4.79 Å². The van der Waals surface area contributed by atoms with Crippen molar-refractivity contribution in [3.05, 3.63) is 114 Å². The van der Waals surface area contributed by atoms with Crippen LogP contribution in [0.1, 0.15) is 21.5 Å². The molecule has 5 rings (SSSR count). The van der Waals surface area contributed by atoms with Gasteiger partial charge in [-0.05, 0) is 67.1 Å². The lowest BCUT2D eigenvalue weighted by atomic mass is 10.1. The fraction of sp³-hybridized carbons (Fsp3) is 0.0357. The number of amides is 1. The topological polar surface area (TPSA) is 109 Å². The maximum atomic E-state index is 12.6. The molecule has 0 unspecified atom stereocenters. The molecular formula is C28H21N7O. The molecule has 1 amide bonds. The molecule has 2 N–H and O–H groups in total. The van der Waals surface area contributed by atoms with Crippen LogP contribution in [-0.4, -0.2) is 25.4 Å². The third kappa shape index (κ3) is 4.95. The van der Waals surface area contributed by atoms with Crippen molar-refractivity contribution in [3.8, 4) is 23.0 Å². The van der Waals surface area contributed by atoms with Gasteiger partial charge in [0.15, 0.2) is 0 Å². The molecule has 0 atom stereocenters. The van der Waals surface area contributed by atoms with Crippen molar-refractivity contribution in [2.75, 3.05) is 10.6 Å². The van der Waals surface area contributed by atoms with Crippen LogP contribution in [0.5, 0.6) is 0 Å². The Balaban J connectivity index is 1.32. The first kappa shape index (κ1) is 22.5. The third-order valence-electron chi connectivity index (χ3n) is 5.64. The molecule has 0 bridgehead atoms. The number of nitrogens with one attached hydrogen (secondary N) is 2. The number of carbonyl (C=O) groups is 1. The number of hydrogen-bond donors (Lipinski definition) is 2. The highest BCUT2D eigenvalue weighted by molar-refractivity contribution is 6.04. The van der Waals surface area contributed by atoms with Crippen LogP contribution in [0, 0.1) is 18.3 Å². The summed E-state index contributed by atoms with van der Waals surface area (Å²) in [6, 6.07) is 24.0. The molecule has 5 aromatic rings. The molecule has 0 saturated heterocycles. The Morgan fingerprint density at radius 2 is 1.78 bits per heavy atom. The Morgan fingerprint density at radius 3 is 2.50 bits per heavy atom. The smallest absolute Gasteiger partial charge is 0.255 e. The molecule has 0 aliphatic heterocycles. The van der Waals surface area contributed by atoms with Crippen molar-refractivity contribution in [1.82, 2.24) is 19.5 Å². The average Bonchev–Trinajstić information content (AvgIpc) is 3.46. The lowest BCUT2D eigenvalue weighted by Crippen LogP contribution is -2.12. The molecule has 8 nitrogen and oxygen atoms in total. The van der Waals surface area contributed by atoms with Crippen molar-refractivity contribution in [3.63, 3.8) is 0 Å². The molecule has 0 aliphatic rings. The van der Waals surface area contributed by atoms with Crippen molar-refractivity contribution < 1.29 is 4.79 Å². The summed E-state index contributed by atoms with van der Waals surface area (Å²) < 4.78 is 1.94. The summed E-state index contributed by atoms with van der Waals surface area (Å²) in [5.41, 5.74) is 6.12. The molecule has 36 heavy (non-hydrogen) atoms. The Hall–Kier alpha value is -5.29. The second-order valence-corrected chi connectivity index (χ2v) is 8.08. The number of nitrogens with zero attached hydrogens (tertiary/aromatic N) is 5. The summed E-state index contributed by atoms with van der Waals surface area (Å²) in [4.78, 5) is 25.7. The Morgan fingerprint density at radius 1 is 0.972 bits per heavy atom. The van der Waals surface area contributed by atoms with E-state index < -0.39 is 0 Å². The van der Waals surface area contributed by atoms with Crippen LogP contribution in [0.4, 0.5) is 17.3 Å². The molecule has 0 aliphatic carbocycles. The van der Waals surface area contributed by atoms with Crippen molar-refractivity contribution in [1.29, 1.82) is 5.26 Å². The SMILES string of the molecule is Cc1ccc(NC(=O)c2ccc(C#N)cc2)cc1Nc1nccc(-c2ccc(-n3ccnc3)cc2)n1. The highest BCUT2D eigenvalue weighted by Crippen LogP contribution is 2.25. The first-order valence-corrected chi connectivity index (χ1v) is 11.2. The highest BCUT2D eigenvalue weighted by Gasteiger charge is 2.10. The molecule has 0 spiro atoms. The van der Waals surface area contributed by atoms with Crippen LogP contribution in [0.2, 0.25) is 0 Å². The van der Waals surface area contributed by atoms with Crippen LogP contribution >= 0.6 is 0 Å². The van der Waals surface area contributed by atoms with Gasteiger partial charge in [0.25, 0.3) is 5.91 Å². The number of benzene rings is 3. The summed E-state index contributed by atoms with van der Waals surface area (Å²) in [7, 11) is 0. The van der Waals surface area contributed by atoms with E-state index in [1.165, 1.54) is 0 Å². The maximum Gasteiger partial charge on any atom is 0.255 e. The summed E-state index contributed by atoms with van der Waals surface area (Å²) in [5, 5.41) is 15.1. The summed E-state index contributed by atoms with van der Waals surface area (Å²) >= 11 is 0. The van der Waals surface area contributed by atoms with Gasteiger partial charge < -0.3 is 15.2 Å². The van der Waals surface area contributed by atoms with E-state index in [0.29, 0.717) is 22.8 Å². The van der Waals surface area contributed by atoms with E-state index in [2.05, 4.69) is 25.6 Å². The molecule has 8 heteroatoms. The van der Waals surface area contributed by atoms with E-state index in [1.54, 1.807) is 43.0 Å². The van der Waals surface area contributed by atoms with Gasteiger partial charge in [0.2, 0.25) is 5.95 Å². The Kier molecular flexibility index (Phi) is 6.19. The van der Waals surface area contributed by atoms with Gasteiger partial charge in [0, 0.05) is 46.8 Å². The first-order chi connectivity index (χ1) is 17.6. The second-order valence-electron chi connectivity index (χ2n) is 8.08. The van der Waals surface area contributed by atoms with E-state index >= 15 is 0 Å². The fourth-order valence-corrected chi connectivity index (χ4v) is 3.65. The van der Waals surface area contributed by atoms with E-state index in [1.807, 2.05) is 72.3 Å². The fourth-order valence-electron chi connectivity index (χ4n) is 3.65. The predicted molar refractivity (Wildman–Crippen MR) is 138 cm³/mol. The number of carbonyl (C=O) groups excluding carboxylic acids is 1. The lowest BCUT2D eigenvalue weighted by molar-refractivity contribution is 0.102. The molecule has 0 saturated carbocycles. The standard InChI is InChI=1S/C28H21N7O/c1-19-2-9-23(32-27(36)22-5-3-20(17-29)4-6-22)16-26(19)34-28-31-13-12-25(33-28)21-7-10-24(11-8-21)35-15-14-30-18-35/h2-16,18H,1H3,(H,32,36)(H,31,33,34). The molecule has 2 heterocycles. The van der Waals surface area contributed by atoms with Gasteiger partial charge in [0.1, 0.15) is 0 Å². The Labute approximate surface area is 207 Å². The molecule has 0 fully saturated rings. The average molecular weight is 472 g/mol. The first-order valence-electron chi connectivity index (χ1n) is 11.2. The summed E-state index contributed by atoms with van der Waals surface area (Å²) in [6.07, 6.45) is 7.10. The molecule has 3 aromatic carbocycles. The number of hydrogen-bond acceptors (Lipinski definition) is 6. The zero-order valence-corrected chi connectivity index (χ0v) is 19.4. The van der Waals surface area contributed by atoms with Crippen LogP contribution in [0.25, 0.3) is 16.9 Å². The van der Waals surface area contributed by atoms with E-state index in [0.717, 1.165) is 28.2 Å². The van der Waals surface area contributed by atoms with Crippen LogP contribution < -0.4 is 10.6 Å². The number of aromatic nitrogens is 4. The van der Waals surface area contributed by atoms with Gasteiger partial charge in [-0.15, -0.1) is 0 Å². The van der Waals surface area contributed by atoms with E-state index in [-0.39, 0.29) is 5.91 Å². The minimum atomic E-state index is -0.258. The monoisotopic (exact) mass is 471 g/mol. The Bertz CT molecular complexity index is 1550. The maximum absolute atomic E-state index is 12.6. The highest BCUT2D eigenvalue weighted by atomic mass is 16.1. The van der Waals surface area contributed by atoms with Crippen LogP contribution in [0.15, 0.2) is 97.7 Å². The molecule has 0 radical (unpaired) electrons. The van der Waals surface area contributed by atoms with Gasteiger partial charge in [-0.3, -0.25) is 4.79 Å². The lowest BCUT2D eigenvalue weighted by Gasteiger charge is -2.12. The predicted octanol–water partition coefficient (Wildman–Crippen LogP) is 5.51. The molecule has 2 aromatic heterocycles. The number of anilines is 3. The van der Waals surface area contributed by atoms with Crippen LogP contribution in [-0.2, 0) is 0 Å². The van der Waals surface area contributed by atoms with Gasteiger partial charge >= 0.3 is 0 Å². The summed E-state index contributed by atoms with van der Waals surface area (Å²) in [5.74, 6) is 0.191. The molecule has 174 valence electrons.